The van der Waals surface area contributed by atoms with E-state index in [2.05, 4.69) is 0 Å². The molecule has 1 amide bonds. The average Bonchev–Trinajstić information content (AvgIpc) is 2.73. The van der Waals surface area contributed by atoms with Crippen molar-refractivity contribution >= 4 is 17.7 Å². The van der Waals surface area contributed by atoms with Gasteiger partial charge in [-0.15, -0.1) is 11.8 Å². The van der Waals surface area contributed by atoms with Gasteiger partial charge in [-0.25, -0.2) is 0 Å². The molecule has 1 fully saturated rings. The summed E-state index contributed by atoms with van der Waals surface area (Å²) in [6, 6.07) is 15.0. The van der Waals surface area contributed by atoms with Gasteiger partial charge in [0, 0.05) is 30.0 Å². The third-order valence-corrected chi connectivity index (χ3v) is 6.45. The summed E-state index contributed by atoms with van der Waals surface area (Å²) in [4.78, 5) is 15.3. The zero-order valence-corrected chi connectivity index (χ0v) is 16.8. The Balaban J connectivity index is 1.57. The number of rotatable bonds is 6. The Morgan fingerprint density at radius 1 is 1.07 bits per heavy atom. The highest BCUT2D eigenvalue weighted by Crippen LogP contribution is 2.37. The molecular formula is C22H24F3NO2S. The van der Waals surface area contributed by atoms with E-state index in [9.17, 15) is 23.1 Å². The number of aliphatic hydroxyl groups is 1. The second kappa shape index (κ2) is 9.22. The molecule has 156 valence electrons. The number of carbonyl (C=O) groups excluding carboxylic acids is 1. The summed E-state index contributed by atoms with van der Waals surface area (Å²) in [5.41, 5.74) is -0.602. The topological polar surface area (TPSA) is 40.5 Å². The normalized spacial score (nSPS) is 16.6. The third kappa shape index (κ3) is 5.76. The fraction of sp³-hybridized carbons (Fsp3) is 0.409. The molecule has 0 unspecified atom stereocenters. The van der Waals surface area contributed by atoms with E-state index in [-0.39, 0.29) is 12.5 Å². The summed E-state index contributed by atoms with van der Waals surface area (Å²) in [5.74, 6) is 0.397. The van der Waals surface area contributed by atoms with Crippen molar-refractivity contribution in [1.29, 1.82) is 0 Å². The Kier molecular flexibility index (Phi) is 6.90. The molecule has 3 nitrogen and oxygen atoms in total. The fourth-order valence-electron chi connectivity index (χ4n) is 3.66. The number of amides is 1. The smallest absolute Gasteiger partial charge is 0.396 e. The first-order valence-corrected chi connectivity index (χ1v) is 10.5. The van der Waals surface area contributed by atoms with E-state index < -0.39 is 17.2 Å². The molecule has 1 saturated heterocycles. The van der Waals surface area contributed by atoms with E-state index in [0.717, 1.165) is 17.0 Å². The summed E-state index contributed by atoms with van der Waals surface area (Å²) in [6.07, 6.45) is -2.87. The Morgan fingerprint density at radius 3 is 2.38 bits per heavy atom. The van der Waals surface area contributed by atoms with Crippen LogP contribution in [0.4, 0.5) is 13.2 Å². The number of alkyl halides is 3. The van der Waals surface area contributed by atoms with Crippen LogP contribution in [-0.4, -0.2) is 41.4 Å². The SMILES string of the molecule is O=C(CSc1ccccc1)N1CCC(CO)(Cc2cccc(C(F)(F)F)c2)CC1. The molecule has 1 aliphatic heterocycles. The number of likely N-dealkylation sites (tertiary alicyclic amines) is 1. The summed E-state index contributed by atoms with van der Waals surface area (Å²) in [5, 5.41) is 9.98. The predicted molar refractivity (Wildman–Crippen MR) is 108 cm³/mol. The van der Waals surface area contributed by atoms with E-state index in [0.29, 0.717) is 43.7 Å². The predicted octanol–water partition coefficient (Wildman–Crippen LogP) is 4.64. The maximum absolute atomic E-state index is 13.0. The van der Waals surface area contributed by atoms with E-state index in [1.54, 1.807) is 11.0 Å². The summed E-state index contributed by atoms with van der Waals surface area (Å²) < 4.78 is 38.9. The molecule has 0 bridgehead atoms. The molecule has 7 heteroatoms. The van der Waals surface area contributed by atoms with Crippen molar-refractivity contribution in [3.8, 4) is 0 Å². The van der Waals surface area contributed by atoms with Crippen LogP contribution in [0, 0.1) is 5.41 Å². The number of carbonyl (C=O) groups is 1. The van der Waals surface area contributed by atoms with Crippen LogP contribution in [0.15, 0.2) is 59.5 Å². The van der Waals surface area contributed by atoms with Gasteiger partial charge in [-0.05, 0) is 43.0 Å². The molecule has 0 aliphatic carbocycles. The third-order valence-electron chi connectivity index (χ3n) is 5.45. The largest absolute Gasteiger partial charge is 0.416 e. The standard InChI is InChI=1S/C22H24F3NO2S/c23-22(24,25)18-6-4-5-17(13-18)14-21(16-27)9-11-26(12-10-21)20(28)15-29-19-7-2-1-3-8-19/h1-8,13,27H,9-12,14-16H2. The number of nitrogens with zero attached hydrogens (tertiary/aromatic N) is 1. The molecule has 2 aromatic carbocycles. The van der Waals surface area contributed by atoms with Crippen LogP contribution < -0.4 is 0 Å². The Bertz CT molecular complexity index is 818. The lowest BCUT2D eigenvalue weighted by Crippen LogP contribution is -2.46. The van der Waals surface area contributed by atoms with Crippen molar-refractivity contribution in [3.63, 3.8) is 0 Å². The highest BCUT2D eigenvalue weighted by atomic mass is 32.2. The molecule has 1 N–H and O–H groups in total. The summed E-state index contributed by atoms with van der Waals surface area (Å²) in [6.45, 7) is 0.908. The second-order valence-corrected chi connectivity index (χ2v) is 8.56. The molecule has 1 aliphatic rings. The minimum absolute atomic E-state index is 0.0458. The summed E-state index contributed by atoms with van der Waals surface area (Å²) >= 11 is 1.49. The first kappa shape index (κ1) is 21.7. The molecule has 0 atom stereocenters. The first-order chi connectivity index (χ1) is 13.8. The molecule has 29 heavy (non-hydrogen) atoms. The molecule has 0 spiro atoms. The van der Waals surface area contributed by atoms with Crippen LogP contribution in [0.1, 0.15) is 24.0 Å². The number of piperidine rings is 1. The van der Waals surface area contributed by atoms with Gasteiger partial charge in [-0.1, -0.05) is 36.4 Å². The minimum Gasteiger partial charge on any atom is -0.396 e. The van der Waals surface area contributed by atoms with Gasteiger partial charge in [-0.2, -0.15) is 13.2 Å². The van der Waals surface area contributed by atoms with Crippen LogP contribution >= 0.6 is 11.8 Å². The monoisotopic (exact) mass is 423 g/mol. The highest BCUT2D eigenvalue weighted by Gasteiger charge is 2.36. The van der Waals surface area contributed by atoms with Gasteiger partial charge in [-0.3, -0.25) is 4.79 Å². The van der Waals surface area contributed by atoms with Crippen molar-refractivity contribution in [2.45, 2.75) is 30.3 Å². The van der Waals surface area contributed by atoms with Crippen molar-refractivity contribution in [3.05, 3.63) is 65.7 Å². The maximum Gasteiger partial charge on any atom is 0.416 e. The van der Waals surface area contributed by atoms with Crippen molar-refractivity contribution in [2.24, 2.45) is 5.41 Å². The molecule has 1 heterocycles. The van der Waals surface area contributed by atoms with E-state index in [1.807, 2.05) is 30.3 Å². The van der Waals surface area contributed by atoms with Crippen molar-refractivity contribution < 1.29 is 23.1 Å². The fourth-order valence-corrected chi connectivity index (χ4v) is 4.49. The van der Waals surface area contributed by atoms with Gasteiger partial charge in [0.1, 0.15) is 0 Å². The highest BCUT2D eigenvalue weighted by molar-refractivity contribution is 8.00. The van der Waals surface area contributed by atoms with Gasteiger partial charge < -0.3 is 10.0 Å². The van der Waals surface area contributed by atoms with Crippen molar-refractivity contribution in [1.82, 2.24) is 4.90 Å². The molecule has 0 radical (unpaired) electrons. The molecule has 0 aromatic heterocycles. The van der Waals surface area contributed by atoms with E-state index in [1.165, 1.54) is 17.8 Å². The van der Waals surface area contributed by atoms with Gasteiger partial charge in [0.05, 0.1) is 11.3 Å². The lowest BCUT2D eigenvalue weighted by atomic mass is 9.74. The Labute approximate surface area is 172 Å². The van der Waals surface area contributed by atoms with Gasteiger partial charge >= 0.3 is 6.18 Å². The molecule has 3 rings (SSSR count). The molecule has 0 saturated carbocycles. The lowest BCUT2D eigenvalue weighted by molar-refractivity contribution is -0.137. The van der Waals surface area contributed by atoms with Gasteiger partial charge in [0.15, 0.2) is 0 Å². The quantitative estimate of drug-likeness (QED) is 0.688. The van der Waals surface area contributed by atoms with Crippen LogP contribution in [0.2, 0.25) is 0 Å². The van der Waals surface area contributed by atoms with E-state index in [4.69, 9.17) is 0 Å². The van der Waals surface area contributed by atoms with Gasteiger partial charge in [0.25, 0.3) is 0 Å². The number of hydrogen-bond acceptors (Lipinski definition) is 3. The van der Waals surface area contributed by atoms with E-state index >= 15 is 0 Å². The number of hydrogen-bond donors (Lipinski definition) is 1. The lowest BCUT2D eigenvalue weighted by Gasteiger charge is -2.41. The van der Waals surface area contributed by atoms with Crippen LogP contribution in [0.25, 0.3) is 0 Å². The number of aliphatic hydroxyl groups excluding tert-OH is 1. The zero-order valence-electron chi connectivity index (χ0n) is 16.0. The number of benzene rings is 2. The maximum atomic E-state index is 13.0. The van der Waals surface area contributed by atoms with Crippen LogP contribution in [0.3, 0.4) is 0 Å². The van der Waals surface area contributed by atoms with Crippen molar-refractivity contribution in [2.75, 3.05) is 25.4 Å². The molecule has 2 aromatic rings. The van der Waals surface area contributed by atoms with Crippen LogP contribution in [-0.2, 0) is 17.4 Å². The zero-order chi connectivity index (χ0) is 20.9. The van der Waals surface area contributed by atoms with Crippen LogP contribution in [0.5, 0.6) is 0 Å². The minimum atomic E-state index is -4.38. The molecular weight excluding hydrogens is 399 g/mol. The average molecular weight is 424 g/mol. The first-order valence-electron chi connectivity index (χ1n) is 9.54. The Hall–Kier alpha value is -1.99. The van der Waals surface area contributed by atoms with Gasteiger partial charge in [0.2, 0.25) is 5.91 Å². The number of thioether (sulfide) groups is 1. The Morgan fingerprint density at radius 2 is 1.76 bits per heavy atom. The summed E-state index contributed by atoms with van der Waals surface area (Å²) in [7, 11) is 0. The second-order valence-electron chi connectivity index (χ2n) is 7.52. The number of halogens is 3.